The Bertz CT molecular complexity index is 514. The van der Waals surface area contributed by atoms with Gasteiger partial charge < -0.3 is 10.5 Å². The highest BCUT2D eigenvalue weighted by Crippen LogP contribution is 2.20. The number of hydrogen-bond donors (Lipinski definition) is 1. The summed E-state index contributed by atoms with van der Waals surface area (Å²) in [6, 6.07) is 7.33. The van der Waals surface area contributed by atoms with E-state index in [1.54, 1.807) is 30.5 Å². The van der Waals surface area contributed by atoms with Gasteiger partial charge in [0.1, 0.15) is 5.75 Å². The third-order valence-electron chi connectivity index (χ3n) is 2.30. The van der Waals surface area contributed by atoms with Gasteiger partial charge in [-0.2, -0.15) is 4.98 Å². The van der Waals surface area contributed by atoms with Crippen molar-refractivity contribution < 1.29 is 4.74 Å². The average Bonchev–Trinajstić information content (AvgIpc) is 2.32. The zero-order chi connectivity index (χ0) is 12.3. The first-order chi connectivity index (χ1) is 8.19. The SMILES string of the molecule is Cc1nc(Oc2ccc(Cl)cc2)ncc1CN. The van der Waals surface area contributed by atoms with Gasteiger partial charge in [-0.3, -0.25) is 0 Å². The van der Waals surface area contributed by atoms with E-state index in [9.17, 15) is 0 Å². The molecule has 0 bridgehead atoms. The molecule has 0 spiro atoms. The van der Waals surface area contributed by atoms with Crippen LogP contribution in [0.4, 0.5) is 0 Å². The molecule has 2 N–H and O–H groups in total. The largest absolute Gasteiger partial charge is 0.424 e. The summed E-state index contributed by atoms with van der Waals surface area (Å²) in [5.74, 6) is 0.647. The summed E-state index contributed by atoms with van der Waals surface area (Å²) in [7, 11) is 0. The van der Waals surface area contributed by atoms with Gasteiger partial charge in [0.25, 0.3) is 0 Å². The van der Waals surface area contributed by atoms with Crippen molar-refractivity contribution in [3.05, 3.63) is 46.7 Å². The number of hydrogen-bond acceptors (Lipinski definition) is 4. The van der Waals surface area contributed by atoms with Crippen molar-refractivity contribution in [3.63, 3.8) is 0 Å². The van der Waals surface area contributed by atoms with Gasteiger partial charge in [0.2, 0.25) is 0 Å². The highest BCUT2D eigenvalue weighted by Gasteiger charge is 2.04. The molecule has 0 aliphatic rings. The monoisotopic (exact) mass is 249 g/mol. The van der Waals surface area contributed by atoms with E-state index in [1.165, 1.54) is 0 Å². The Morgan fingerprint density at radius 1 is 1.29 bits per heavy atom. The molecule has 2 rings (SSSR count). The summed E-state index contributed by atoms with van der Waals surface area (Å²) in [5.41, 5.74) is 7.27. The molecule has 1 aromatic heterocycles. The first-order valence-corrected chi connectivity index (χ1v) is 5.53. The number of aryl methyl sites for hydroxylation is 1. The van der Waals surface area contributed by atoms with Crippen LogP contribution in [-0.4, -0.2) is 9.97 Å². The number of halogens is 1. The Kier molecular flexibility index (Phi) is 3.56. The van der Waals surface area contributed by atoms with Crippen molar-refractivity contribution in [2.45, 2.75) is 13.5 Å². The van der Waals surface area contributed by atoms with Gasteiger partial charge in [-0.05, 0) is 31.2 Å². The Hall–Kier alpha value is -1.65. The number of benzene rings is 1. The molecule has 88 valence electrons. The first-order valence-electron chi connectivity index (χ1n) is 5.15. The van der Waals surface area contributed by atoms with Crippen molar-refractivity contribution in [2.75, 3.05) is 0 Å². The minimum Gasteiger partial charge on any atom is -0.424 e. The Balaban J connectivity index is 2.19. The van der Waals surface area contributed by atoms with E-state index in [0.29, 0.717) is 23.3 Å². The predicted octanol–water partition coefficient (Wildman–Crippen LogP) is 2.69. The maximum absolute atomic E-state index is 5.78. The lowest BCUT2D eigenvalue weighted by Gasteiger charge is -2.06. The molecule has 5 heteroatoms. The van der Waals surface area contributed by atoms with Gasteiger partial charge in [-0.1, -0.05) is 11.6 Å². The van der Waals surface area contributed by atoms with Gasteiger partial charge in [0, 0.05) is 29.0 Å². The van der Waals surface area contributed by atoms with E-state index in [2.05, 4.69) is 9.97 Å². The molecule has 17 heavy (non-hydrogen) atoms. The highest BCUT2D eigenvalue weighted by atomic mass is 35.5. The van der Waals surface area contributed by atoms with Crippen molar-refractivity contribution >= 4 is 11.6 Å². The van der Waals surface area contributed by atoms with Crippen LogP contribution in [0.25, 0.3) is 0 Å². The quantitative estimate of drug-likeness (QED) is 0.909. The molecule has 0 saturated heterocycles. The third-order valence-corrected chi connectivity index (χ3v) is 2.55. The predicted molar refractivity (Wildman–Crippen MR) is 66.2 cm³/mol. The molecular weight excluding hydrogens is 238 g/mol. The van der Waals surface area contributed by atoms with Crippen molar-refractivity contribution in [2.24, 2.45) is 5.73 Å². The van der Waals surface area contributed by atoms with E-state index < -0.39 is 0 Å². The topological polar surface area (TPSA) is 61.0 Å². The number of nitrogens with two attached hydrogens (primary N) is 1. The molecule has 0 amide bonds. The molecule has 0 atom stereocenters. The summed E-state index contributed by atoms with van der Waals surface area (Å²) in [5, 5.41) is 0.660. The molecule has 0 aliphatic carbocycles. The van der Waals surface area contributed by atoms with Gasteiger partial charge in [-0.25, -0.2) is 4.98 Å². The molecule has 0 aliphatic heterocycles. The zero-order valence-corrected chi connectivity index (χ0v) is 10.1. The lowest BCUT2D eigenvalue weighted by atomic mass is 10.2. The van der Waals surface area contributed by atoms with Crippen LogP contribution >= 0.6 is 11.6 Å². The second kappa shape index (κ2) is 5.12. The fraction of sp³-hybridized carbons (Fsp3) is 0.167. The third kappa shape index (κ3) is 2.93. The number of aromatic nitrogens is 2. The van der Waals surface area contributed by atoms with Gasteiger partial charge in [0.15, 0.2) is 0 Å². The van der Waals surface area contributed by atoms with Crippen molar-refractivity contribution in [1.82, 2.24) is 9.97 Å². The normalized spacial score (nSPS) is 10.3. The summed E-state index contributed by atoms with van der Waals surface area (Å²) < 4.78 is 5.49. The minimum absolute atomic E-state index is 0.307. The minimum atomic E-state index is 0.307. The van der Waals surface area contributed by atoms with Gasteiger partial charge in [-0.15, -0.1) is 0 Å². The molecule has 0 saturated carbocycles. The van der Waals surface area contributed by atoms with E-state index in [1.807, 2.05) is 6.92 Å². The lowest BCUT2D eigenvalue weighted by Crippen LogP contribution is -2.03. The van der Waals surface area contributed by atoms with E-state index in [4.69, 9.17) is 22.1 Å². The molecule has 4 nitrogen and oxygen atoms in total. The average molecular weight is 250 g/mol. The molecular formula is C12H12ClN3O. The Morgan fingerprint density at radius 3 is 2.59 bits per heavy atom. The molecule has 0 radical (unpaired) electrons. The van der Waals surface area contributed by atoms with Crippen LogP contribution in [0.3, 0.4) is 0 Å². The maximum Gasteiger partial charge on any atom is 0.322 e. The number of ether oxygens (including phenoxy) is 1. The Labute approximate surface area is 104 Å². The molecule has 1 heterocycles. The fourth-order valence-electron chi connectivity index (χ4n) is 1.33. The maximum atomic E-state index is 5.78. The molecule has 0 unspecified atom stereocenters. The van der Waals surface area contributed by atoms with Crippen molar-refractivity contribution in [3.8, 4) is 11.8 Å². The summed E-state index contributed by atoms with van der Waals surface area (Å²) in [6.45, 7) is 2.30. The van der Waals surface area contributed by atoms with E-state index in [0.717, 1.165) is 11.3 Å². The van der Waals surface area contributed by atoms with Crippen LogP contribution < -0.4 is 10.5 Å². The van der Waals surface area contributed by atoms with Crippen LogP contribution in [0.15, 0.2) is 30.5 Å². The van der Waals surface area contributed by atoms with Crippen LogP contribution in [0.1, 0.15) is 11.3 Å². The molecule has 0 fully saturated rings. The standard InChI is InChI=1S/C12H12ClN3O/c1-8-9(6-14)7-15-12(16-8)17-11-4-2-10(13)3-5-11/h2-5,7H,6,14H2,1H3. The summed E-state index contributed by atoms with van der Waals surface area (Å²) in [6.07, 6.45) is 1.67. The Morgan fingerprint density at radius 2 is 2.00 bits per heavy atom. The van der Waals surface area contributed by atoms with E-state index in [-0.39, 0.29) is 0 Å². The smallest absolute Gasteiger partial charge is 0.322 e. The summed E-state index contributed by atoms with van der Waals surface area (Å²) in [4.78, 5) is 8.30. The van der Waals surface area contributed by atoms with E-state index >= 15 is 0 Å². The fourth-order valence-corrected chi connectivity index (χ4v) is 1.45. The van der Waals surface area contributed by atoms with Gasteiger partial charge in [0.05, 0.1) is 0 Å². The van der Waals surface area contributed by atoms with Crippen LogP contribution in [0.2, 0.25) is 5.02 Å². The summed E-state index contributed by atoms with van der Waals surface area (Å²) >= 11 is 5.78. The number of nitrogens with zero attached hydrogens (tertiary/aromatic N) is 2. The van der Waals surface area contributed by atoms with Crippen molar-refractivity contribution in [1.29, 1.82) is 0 Å². The molecule has 2 aromatic rings. The number of rotatable bonds is 3. The lowest BCUT2D eigenvalue weighted by molar-refractivity contribution is 0.439. The second-order valence-corrected chi connectivity index (χ2v) is 3.96. The highest BCUT2D eigenvalue weighted by molar-refractivity contribution is 6.30. The zero-order valence-electron chi connectivity index (χ0n) is 9.35. The van der Waals surface area contributed by atoms with Crippen LogP contribution in [0, 0.1) is 6.92 Å². The second-order valence-electron chi connectivity index (χ2n) is 3.52. The van der Waals surface area contributed by atoms with Crippen LogP contribution in [0.5, 0.6) is 11.8 Å². The van der Waals surface area contributed by atoms with Crippen LogP contribution in [-0.2, 0) is 6.54 Å². The first kappa shape index (κ1) is 11.8. The molecule has 1 aromatic carbocycles. The van der Waals surface area contributed by atoms with Gasteiger partial charge >= 0.3 is 6.01 Å².